The Kier molecular flexibility index (Phi) is 5.84. The molecule has 0 aliphatic carbocycles. The maximum atomic E-state index is 12.2. The first-order chi connectivity index (χ1) is 12.8. The number of ether oxygens (including phenoxy) is 2. The fourth-order valence-corrected chi connectivity index (χ4v) is 2.52. The van der Waals surface area contributed by atoms with Gasteiger partial charge in [0.25, 0.3) is 0 Å². The van der Waals surface area contributed by atoms with Crippen LogP contribution in [0.5, 0.6) is 11.5 Å². The van der Waals surface area contributed by atoms with Gasteiger partial charge in [0.2, 0.25) is 0 Å². The van der Waals surface area contributed by atoms with Crippen molar-refractivity contribution in [3.8, 4) is 11.5 Å². The molecule has 0 heterocycles. The summed E-state index contributed by atoms with van der Waals surface area (Å²) in [6, 6.07) is 24.7. The number of rotatable bonds is 7. The van der Waals surface area contributed by atoms with Gasteiger partial charge in [-0.15, -0.1) is 0 Å². The Bertz CT molecular complexity index is 884. The molecule has 0 unspecified atom stereocenters. The Balaban J connectivity index is 1.74. The summed E-state index contributed by atoms with van der Waals surface area (Å²) in [6.07, 6.45) is 3.35. The molecule has 0 radical (unpaired) electrons. The van der Waals surface area contributed by atoms with Gasteiger partial charge >= 0.3 is 0 Å². The summed E-state index contributed by atoms with van der Waals surface area (Å²) in [5, 5.41) is 0. The molecule has 130 valence electrons. The molecule has 3 rings (SSSR count). The van der Waals surface area contributed by atoms with Crippen molar-refractivity contribution in [1.82, 2.24) is 0 Å². The molecule has 3 heteroatoms. The molecule has 0 aliphatic rings. The number of allylic oxidation sites excluding steroid dienone is 1. The SMILES string of the molecule is COc1ccc(/C=C/C(=O)c2ccccc2)cc1OCc1ccccc1. The average molecular weight is 344 g/mol. The summed E-state index contributed by atoms with van der Waals surface area (Å²) >= 11 is 0. The van der Waals surface area contributed by atoms with E-state index in [0.29, 0.717) is 23.7 Å². The maximum Gasteiger partial charge on any atom is 0.185 e. The van der Waals surface area contributed by atoms with Gasteiger partial charge in [-0.1, -0.05) is 72.8 Å². The number of ketones is 1. The van der Waals surface area contributed by atoms with Gasteiger partial charge in [0.15, 0.2) is 17.3 Å². The summed E-state index contributed by atoms with van der Waals surface area (Å²) in [5.41, 5.74) is 2.62. The van der Waals surface area contributed by atoms with Crippen molar-refractivity contribution in [2.24, 2.45) is 0 Å². The van der Waals surface area contributed by atoms with Crippen LogP contribution in [-0.2, 0) is 6.61 Å². The molecule has 0 N–H and O–H groups in total. The first-order valence-electron chi connectivity index (χ1n) is 8.38. The maximum absolute atomic E-state index is 12.2. The van der Waals surface area contributed by atoms with Gasteiger partial charge in [-0.3, -0.25) is 4.79 Å². The zero-order valence-corrected chi connectivity index (χ0v) is 14.6. The fraction of sp³-hybridized carbons (Fsp3) is 0.0870. The molecule has 3 nitrogen and oxygen atoms in total. The Morgan fingerprint density at radius 2 is 1.58 bits per heavy atom. The highest BCUT2D eigenvalue weighted by Gasteiger charge is 2.06. The topological polar surface area (TPSA) is 35.5 Å². The molecular formula is C23H20O3. The van der Waals surface area contributed by atoms with Crippen LogP contribution >= 0.6 is 0 Å². The molecule has 0 aromatic heterocycles. The minimum atomic E-state index is -0.0341. The highest BCUT2D eigenvalue weighted by atomic mass is 16.5. The van der Waals surface area contributed by atoms with E-state index >= 15 is 0 Å². The van der Waals surface area contributed by atoms with Crippen molar-refractivity contribution in [3.05, 3.63) is 102 Å². The highest BCUT2D eigenvalue weighted by molar-refractivity contribution is 6.06. The molecule has 26 heavy (non-hydrogen) atoms. The largest absolute Gasteiger partial charge is 0.493 e. The standard InChI is InChI=1S/C23H20O3/c1-25-22-15-13-18(12-14-21(24)20-10-6-3-7-11-20)16-23(22)26-17-19-8-4-2-5-9-19/h2-16H,17H2,1H3/b14-12+. The lowest BCUT2D eigenvalue weighted by Gasteiger charge is -2.11. The Morgan fingerprint density at radius 3 is 2.27 bits per heavy atom. The first kappa shape index (κ1) is 17.5. The van der Waals surface area contributed by atoms with Crippen LogP contribution in [0.2, 0.25) is 0 Å². The average Bonchev–Trinajstić information content (AvgIpc) is 2.72. The number of methoxy groups -OCH3 is 1. The van der Waals surface area contributed by atoms with E-state index in [0.717, 1.165) is 11.1 Å². The van der Waals surface area contributed by atoms with Gasteiger partial charge in [-0.25, -0.2) is 0 Å². The van der Waals surface area contributed by atoms with E-state index in [1.165, 1.54) is 0 Å². The third-order valence-corrected chi connectivity index (χ3v) is 3.91. The summed E-state index contributed by atoms with van der Waals surface area (Å²) in [4.78, 5) is 12.2. The third kappa shape index (κ3) is 4.61. The normalized spacial score (nSPS) is 10.7. The van der Waals surface area contributed by atoms with Gasteiger partial charge in [-0.05, 0) is 29.3 Å². The smallest absolute Gasteiger partial charge is 0.185 e. The van der Waals surface area contributed by atoms with E-state index in [2.05, 4.69) is 0 Å². The second kappa shape index (κ2) is 8.67. The van der Waals surface area contributed by atoms with Crippen LogP contribution in [-0.4, -0.2) is 12.9 Å². The quantitative estimate of drug-likeness (QED) is 0.438. The van der Waals surface area contributed by atoms with E-state index in [1.54, 1.807) is 31.4 Å². The molecule has 0 aliphatic heterocycles. The van der Waals surface area contributed by atoms with Crippen molar-refractivity contribution in [1.29, 1.82) is 0 Å². The number of benzene rings is 3. The number of carbonyl (C=O) groups excluding carboxylic acids is 1. The van der Waals surface area contributed by atoms with Crippen LogP contribution < -0.4 is 9.47 Å². The molecule has 0 atom stereocenters. The Hall–Kier alpha value is -3.33. The Morgan fingerprint density at radius 1 is 0.885 bits per heavy atom. The lowest BCUT2D eigenvalue weighted by atomic mass is 10.1. The van der Waals surface area contributed by atoms with E-state index in [9.17, 15) is 4.79 Å². The number of hydrogen-bond donors (Lipinski definition) is 0. The van der Waals surface area contributed by atoms with Gasteiger partial charge in [0.1, 0.15) is 6.61 Å². The Labute approximate surface area is 153 Å². The monoisotopic (exact) mass is 344 g/mol. The van der Waals surface area contributed by atoms with Crippen LogP contribution in [0.15, 0.2) is 84.9 Å². The summed E-state index contributed by atoms with van der Waals surface area (Å²) in [5.74, 6) is 1.27. The number of carbonyl (C=O) groups is 1. The van der Waals surface area contributed by atoms with E-state index in [-0.39, 0.29) is 5.78 Å². The van der Waals surface area contributed by atoms with Crippen LogP contribution in [0, 0.1) is 0 Å². The lowest BCUT2D eigenvalue weighted by molar-refractivity contribution is 0.104. The molecule has 3 aromatic rings. The molecule has 0 spiro atoms. The predicted molar refractivity (Wildman–Crippen MR) is 104 cm³/mol. The van der Waals surface area contributed by atoms with Gasteiger partial charge in [0, 0.05) is 5.56 Å². The highest BCUT2D eigenvalue weighted by Crippen LogP contribution is 2.29. The van der Waals surface area contributed by atoms with Crippen molar-refractivity contribution in [2.45, 2.75) is 6.61 Å². The van der Waals surface area contributed by atoms with Crippen molar-refractivity contribution in [3.63, 3.8) is 0 Å². The van der Waals surface area contributed by atoms with E-state index < -0.39 is 0 Å². The van der Waals surface area contributed by atoms with E-state index in [4.69, 9.17) is 9.47 Å². The summed E-state index contributed by atoms with van der Waals surface area (Å²) < 4.78 is 11.3. The van der Waals surface area contributed by atoms with Crippen LogP contribution in [0.25, 0.3) is 6.08 Å². The van der Waals surface area contributed by atoms with Crippen LogP contribution in [0.1, 0.15) is 21.5 Å². The van der Waals surface area contributed by atoms with Crippen LogP contribution in [0.3, 0.4) is 0 Å². The van der Waals surface area contributed by atoms with Crippen LogP contribution in [0.4, 0.5) is 0 Å². The predicted octanol–water partition coefficient (Wildman–Crippen LogP) is 5.17. The minimum absolute atomic E-state index is 0.0341. The fourth-order valence-electron chi connectivity index (χ4n) is 2.52. The van der Waals surface area contributed by atoms with Gasteiger partial charge < -0.3 is 9.47 Å². The van der Waals surface area contributed by atoms with E-state index in [1.807, 2.05) is 66.7 Å². The second-order valence-corrected chi connectivity index (χ2v) is 5.75. The zero-order chi connectivity index (χ0) is 18.2. The molecule has 0 amide bonds. The van der Waals surface area contributed by atoms with Gasteiger partial charge in [-0.2, -0.15) is 0 Å². The summed E-state index contributed by atoms with van der Waals surface area (Å²) in [7, 11) is 1.61. The first-order valence-corrected chi connectivity index (χ1v) is 8.38. The molecule has 0 saturated heterocycles. The molecule has 0 saturated carbocycles. The number of hydrogen-bond acceptors (Lipinski definition) is 3. The van der Waals surface area contributed by atoms with Crippen molar-refractivity contribution in [2.75, 3.05) is 7.11 Å². The zero-order valence-electron chi connectivity index (χ0n) is 14.6. The third-order valence-electron chi connectivity index (χ3n) is 3.91. The van der Waals surface area contributed by atoms with Crippen molar-refractivity contribution < 1.29 is 14.3 Å². The minimum Gasteiger partial charge on any atom is -0.493 e. The molecular weight excluding hydrogens is 324 g/mol. The lowest BCUT2D eigenvalue weighted by Crippen LogP contribution is -1.98. The van der Waals surface area contributed by atoms with Gasteiger partial charge in [0.05, 0.1) is 7.11 Å². The molecule has 3 aromatic carbocycles. The second-order valence-electron chi connectivity index (χ2n) is 5.75. The summed E-state index contributed by atoms with van der Waals surface area (Å²) in [6.45, 7) is 0.452. The molecule has 0 bridgehead atoms. The van der Waals surface area contributed by atoms with Crippen molar-refractivity contribution >= 4 is 11.9 Å². The molecule has 0 fully saturated rings.